The number of amides is 4. The van der Waals surface area contributed by atoms with Crippen LogP contribution in [0.5, 0.6) is 11.5 Å². The van der Waals surface area contributed by atoms with Gasteiger partial charge in [-0.05, 0) is 80.6 Å². The summed E-state index contributed by atoms with van der Waals surface area (Å²) < 4.78 is 13.2. The number of ether oxygens (including phenoxy) is 2. The average molecular weight is 760 g/mol. The van der Waals surface area contributed by atoms with E-state index in [1.54, 1.807) is 54.3 Å². The maximum Gasteiger partial charge on any atom is 0.272 e. The van der Waals surface area contributed by atoms with Crippen molar-refractivity contribution in [2.75, 3.05) is 36.2 Å². The Morgan fingerprint density at radius 1 is 0.927 bits per heavy atom. The summed E-state index contributed by atoms with van der Waals surface area (Å²) in [6, 6.07) is 19.8. The molecule has 0 bridgehead atoms. The second-order valence-electron chi connectivity index (χ2n) is 13.4. The van der Waals surface area contributed by atoms with Crippen LogP contribution in [-0.4, -0.2) is 70.6 Å². The highest BCUT2D eigenvalue weighted by atomic mass is 32.1. The SMILES string of the molecule is COc1cc2c(cc1OCCCC(=O)Nc1cc(C(=O)Nc3ccc(-c4cc(C)c(C(=O)Nc5ccccc5)s4)nc3)n(C)c1)N=C[C@@H]1CCCCN1C2=O. The van der Waals surface area contributed by atoms with E-state index >= 15 is 0 Å². The van der Waals surface area contributed by atoms with E-state index in [1.165, 1.54) is 18.4 Å². The molecular formula is C41H41N7O6S. The normalized spacial score (nSPS) is 14.7. The van der Waals surface area contributed by atoms with Crippen molar-refractivity contribution in [1.82, 2.24) is 14.5 Å². The fourth-order valence-electron chi connectivity index (χ4n) is 6.63. The second-order valence-corrected chi connectivity index (χ2v) is 14.5. The Hall–Kier alpha value is -6.28. The number of rotatable bonds is 12. The molecule has 2 aromatic carbocycles. The molecule has 5 heterocycles. The van der Waals surface area contributed by atoms with Gasteiger partial charge in [-0.2, -0.15) is 0 Å². The van der Waals surface area contributed by atoms with E-state index in [2.05, 4.69) is 25.9 Å². The van der Waals surface area contributed by atoms with E-state index in [4.69, 9.17) is 9.47 Å². The van der Waals surface area contributed by atoms with E-state index < -0.39 is 0 Å². The zero-order valence-electron chi connectivity index (χ0n) is 30.8. The lowest BCUT2D eigenvalue weighted by Gasteiger charge is -2.32. The second kappa shape index (κ2) is 16.4. The highest BCUT2D eigenvalue weighted by Crippen LogP contribution is 2.38. The van der Waals surface area contributed by atoms with Gasteiger partial charge in [0.15, 0.2) is 11.5 Å². The van der Waals surface area contributed by atoms with Crippen LogP contribution in [0.4, 0.5) is 22.7 Å². The van der Waals surface area contributed by atoms with Crippen molar-refractivity contribution in [1.29, 1.82) is 0 Å². The number of fused-ring (bicyclic) bond motifs is 2. The lowest BCUT2D eigenvalue weighted by Crippen LogP contribution is -2.43. The zero-order chi connectivity index (χ0) is 38.5. The summed E-state index contributed by atoms with van der Waals surface area (Å²) in [6.45, 7) is 2.83. The van der Waals surface area contributed by atoms with E-state index in [-0.39, 0.29) is 42.7 Å². The molecular weight excluding hydrogens is 719 g/mol. The molecule has 14 heteroatoms. The van der Waals surface area contributed by atoms with Crippen molar-refractivity contribution in [3.63, 3.8) is 0 Å². The van der Waals surface area contributed by atoms with Gasteiger partial charge in [0, 0.05) is 44.2 Å². The van der Waals surface area contributed by atoms with Gasteiger partial charge in [-0.25, -0.2) is 0 Å². The summed E-state index contributed by atoms with van der Waals surface area (Å²) in [4.78, 5) is 64.6. The molecule has 7 rings (SSSR count). The molecule has 0 saturated carbocycles. The Kier molecular flexibility index (Phi) is 11.0. The van der Waals surface area contributed by atoms with Gasteiger partial charge in [-0.15, -0.1) is 11.3 Å². The number of thiophene rings is 1. The Bertz CT molecular complexity index is 2260. The first-order valence-electron chi connectivity index (χ1n) is 18.1. The van der Waals surface area contributed by atoms with Gasteiger partial charge in [0.25, 0.3) is 17.7 Å². The number of aliphatic imine (C=N–C) groups is 1. The summed E-state index contributed by atoms with van der Waals surface area (Å²) in [5, 5.41) is 8.63. The molecule has 0 radical (unpaired) electrons. The third kappa shape index (κ3) is 8.44. The van der Waals surface area contributed by atoms with E-state index in [0.29, 0.717) is 63.4 Å². The highest BCUT2D eigenvalue weighted by molar-refractivity contribution is 7.17. The first-order chi connectivity index (χ1) is 26.7. The third-order valence-corrected chi connectivity index (χ3v) is 10.7. The topological polar surface area (TPSA) is 156 Å². The Labute approximate surface area is 322 Å². The van der Waals surface area contributed by atoms with Crippen LogP contribution < -0.4 is 25.4 Å². The summed E-state index contributed by atoms with van der Waals surface area (Å²) in [7, 11) is 3.25. The lowest BCUT2D eigenvalue weighted by molar-refractivity contribution is -0.116. The number of hydrogen-bond acceptors (Lipinski definition) is 9. The number of pyridine rings is 1. The van der Waals surface area contributed by atoms with Crippen LogP contribution in [0.25, 0.3) is 10.6 Å². The van der Waals surface area contributed by atoms with Gasteiger partial charge in [0.05, 0.1) is 64.0 Å². The van der Waals surface area contributed by atoms with Crippen LogP contribution in [0.2, 0.25) is 0 Å². The van der Waals surface area contributed by atoms with Crippen LogP contribution in [0.3, 0.4) is 0 Å². The van der Waals surface area contributed by atoms with Crippen LogP contribution >= 0.6 is 11.3 Å². The Balaban J connectivity index is 0.900. The van der Waals surface area contributed by atoms with Gasteiger partial charge >= 0.3 is 0 Å². The first-order valence-corrected chi connectivity index (χ1v) is 18.9. The number of nitrogens with one attached hydrogen (secondary N) is 3. The minimum atomic E-state index is -0.366. The van der Waals surface area contributed by atoms with Crippen LogP contribution in [-0.2, 0) is 11.8 Å². The molecule has 3 N–H and O–H groups in total. The number of benzene rings is 2. The van der Waals surface area contributed by atoms with Crippen molar-refractivity contribution in [3.8, 4) is 22.1 Å². The number of hydrogen-bond donors (Lipinski definition) is 3. The van der Waals surface area contributed by atoms with Gasteiger partial charge in [0.1, 0.15) is 5.69 Å². The summed E-state index contributed by atoms with van der Waals surface area (Å²) in [5.41, 5.74) is 4.60. The van der Waals surface area contributed by atoms with Gasteiger partial charge in [0.2, 0.25) is 5.91 Å². The number of methoxy groups -OCH3 is 1. The van der Waals surface area contributed by atoms with E-state index in [0.717, 1.165) is 35.4 Å². The van der Waals surface area contributed by atoms with Crippen LogP contribution in [0.1, 0.15) is 68.2 Å². The zero-order valence-corrected chi connectivity index (χ0v) is 31.6. The number of carbonyl (C=O) groups excluding carboxylic acids is 4. The number of aryl methyl sites for hydroxylation is 2. The largest absolute Gasteiger partial charge is 0.493 e. The third-order valence-electron chi connectivity index (χ3n) is 9.46. The van der Waals surface area contributed by atoms with Gasteiger partial charge < -0.3 is 34.9 Å². The fourth-order valence-corrected chi connectivity index (χ4v) is 7.68. The maximum absolute atomic E-state index is 13.3. The molecule has 0 spiro atoms. The molecule has 2 aliphatic rings. The molecule has 5 aromatic rings. The predicted molar refractivity (Wildman–Crippen MR) is 213 cm³/mol. The van der Waals surface area contributed by atoms with Crippen LogP contribution in [0, 0.1) is 6.92 Å². The van der Waals surface area contributed by atoms with Crippen molar-refractivity contribution >= 4 is 63.9 Å². The van der Waals surface area contributed by atoms with Crippen LogP contribution in [0.15, 0.2) is 84.1 Å². The first kappa shape index (κ1) is 37.1. The number of anilines is 3. The predicted octanol–water partition coefficient (Wildman–Crippen LogP) is 7.48. The van der Waals surface area contributed by atoms with Gasteiger partial charge in [-0.1, -0.05) is 18.2 Å². The highest BCUT2D eigenvalue weighted by Gasteiger charge is 2.31. The number of carbonyl (C=O) groups is 4. The quantitative estimate of drug-likeness (QED) is 0.111. The molecule has 0 aliphatic carbocycles. The molecule has 55 heavy (non-hydrogen) atoms. The summed E-state index contributed by atoms with van der Waals surface area (Å²) >= 11 is 1.35. The fraction of sp³-hybridized carbons (Fsp3) is 0.268. The molecule has 1 fully saturated rings. The van der Waals surface area contributed by atoms with E-state index in [1.807, 2.05) is 54.4 Å². The minimum Gasteiger partial charge on any atom is -0.493 e. The number of aromatic nitrogens is 2. The molecule has 282 valence electrons. The molecule has 4 amide bonds. The molecule has 1 atom stereocenters. The van der Waals surface area contributed by atoms with Crippen molar-refractivity contribution in [2.45, 2.75) is 45.1 Å². The Morgan fingerprint density at radius 3 is 2.53 bits per heavy atom. The number of nitrogens with zero attached hydrogens (tertiary/aromatic N) is 4. The summed E-state index contributed by atoms with van der Waals surface area (Å²) in [5.74, 6) is 0.0503. The Morgan fingerprint density at radius 2 is 1.75 bits per heavy atom. The van der Waals surface area contributed by atoms with Crippen molar-refractivity contribution < 1.29 is 28.7 Å². The number of piperidine rings is 1. The molecule has 13 nitrogen and oxygen atoms in total. The monoisotopic (exact) mass is 759 g/mol. The summed E-state index contributed by atoms with van der Waals surface area (Å²) in [6.07, 6.45) is 8.62. The maximum atomic E-state index is 13.3. The van der Waals surface area contributed by atoms with Gasteiger partial charge in [-0.3, -0.25) is 29.2 Å². The molecule has 1 saturated heterocycles. The lowest BCUT2D eigenvalue weighted by atomic mass is 10.0. The minimum absolute atomic E-state index is 0.00674. The average Bonchev–Trinajstić information content (AvgIpc) is 3.73. The molecule has 2 aliphatic heterocycles. The standard InChI is InChI=1S/C41H41N7O6S/c1-25-18-36(55-38(25)40(51)45-26-10-5-4-6-11-26)31-15-14-27(22-42-31)46-39(50)33-19-28(24-47(33)2)44-37(49)13-9-17-54-35-21-32-30(20-34(35)53-3)41(52)48-16-8-7-12-29(48)23-43-32/h4-6,10-11,14-15,18-24,29H,7-9,12-13,16-17H2,1-3H3,(H,44,49)(H,45,51)(H,46,50)/t29-/m0/s1. The van der Waals surface area contributed by atoms with Crippen molar-refractivity contribution in [3.05, 3.63) is 101 Å². The molecule has 3 aromatic heterocycles. The molecule has 0 unspecified atom stereocenters. The van der Waals surface area contributed by atoms with E-state index in [9.17, 15) is 19.2 Å². The van der Waals surface area contributed by atoms with Crippen molar-refractivity contribution in [2.24, 2.45) is 12.0 Å². The number of para-hydroxylation sites is 1. The smallest absolute Gasteiger partial charge is 0.272 e.